The van der Waals surface area contributed by atoms with E-state index in [-0.39, 0.29) is 11.8 Å². The average Bonchev–Trinajstić information content (AvgIpc) is 3.05. The van der Waals surface area contributed by atoms with E-state index in [9.17, 15) is 4.79 Å². The maximum atomic E-state index is 12.2. The second kappa shape index (κ2) is 6.86. The highest BCUT2D eigenvalue weighted by atomic mass is 16.1. The summed E-state index contributed by atoms with van der Waals surface area (Å²) in [5.74, 6) is 1.00. The van der Waals surface area contributed by atoms with E-state index < -0.39 is 0 Å². The van der Waals surface area contributed by atoms with Crippen LogP contribution in [0.15, 0.2) is 0 Å². The summed E-state index contributed by atoms with van der Waals surface area (Å²) in [6, 6.07) is 0. The van der Waals surface area contributed by atoms with Crippen molar-refractivity contribution in [1.82, 2.24) is 20.3 Å². The fraction of sp³-hybridized carbons (Fsp3) is 0.800. The topological polar surface area (TPSA) is 59.8 Å². The van der Waals surface area contributed by atoms with Gasteiger partial charge in [-0.3, -0.25) is 4.79 Å². The molecule has 1 atom stereocenters. The molecule has 5 nitrogen and oxygen atoms in total. The number of nitrogens with zero attached hydrogens (tertiary/aromatic N) is 3. The lowest BCUT2D eigenvalue weighted by Crippen LogP contribution is -2.30. The van der Waals surface area contributed by atoms with Gasteiger partial charge < -0.3 is 5.32 Å². The van der Waals surface area contributed by atoms with E-state index in [2.05, 4.69) is 15.6 Å². The molecule has 1 heterocycles. The number of hydrogen-bond acceptors (Lipinski definition) is 3. The molecule has 1 aromatic heterocycles. The van der Waals surface area contributed by atoms with Gasteiger partial charge in [0.15, 0.2) is 0 Å². The van der Waals surface area contributed by atoms with Crippen LogP contribution in [0, 0.1) is 18.8 Å². The number of rotatable bonds is 6. The van der Waals surface area contributed by atoms with Crippen LogP contribution in [0.2, 0.25) is 0 Å². The second-order valence-electron chi connectivity index (χ2n) is 5.94. The molecule has 0 spiro atoms. The molecule has 1 aliphatic carbocycles. The van der Waals surface area contributed by atoms with E-state index >= 15 is 0 Å². The Morgan fingerprint density at radius 2 is 2.15 bits per heavy atom. The van der Waals surface area contributed by atoms with Crippen LogP contribution in [-0.2, 0) is 17.9 Å². The Morgan fingerprint density at radius 1 is 1.45 bits per heavy atom. The van der Waals surface area contributed by atoms with Gasteiger partial charge in [-0.05, 0) is 26.2 Å². The first-order chi connectivity index (χ1) is 9.61. The standard InChI is InChI=1S/C15H26N4O/c1-4-19-14(12(3)17-18-19)10-16-15(20)11(2)9-13-7-5-6-8-13/h11,13H,4-10H2,1-3H3,(H,16,20)/t11-/m1/s1. The molecule has 1 fully saturated rings. The number of aromatic nitrogens is 3. The number of amides is 1. The van der Waals surface area contributed by atoms with Crippen LogP contribution in [0.5, 0.6) is 0 Å². The van der Waals surface area contributed by atoms with Gasteiger partial charge in [-0.15, -0.1) is 5.10 Å². The zero-order valence-electron chi connectivity index (χ0n) is 12.9. The van der Waals surface area contributed by atoms with E-state index in [1.54, 1.807) is 0 Å². The zero-order valence-corrected chi connectivity index (χ0v) is 12.9. The number of hydrogen-bond donors (Lipinski definition) is 1. The molecule has 1 aliphatic rings. The molecule has 112 valence electrons. The zero-order chi connectivity index (χ0) is 14.5. The summed E-state index contributed by atoms with van der Waals surface area (Å²) >= 11 is 0. The van der Waals surface area contributed by atoms with E-state index in [0.717, 1.165) is 30.3 Å². The molecule has 1 saturated carbocycles. The molecule has 0 aromatic carbocycles. The smallest absolute Gasteiger partial charge is 0.223 e. The lowest BCUT2D eigenvalue weighted by Gasteiger charge is -2.16. The van der Waals surface area contributed by atoms with Crippen LogP contribution < -0.4 is 5.32 Å². The largest absolute Gasteiger partial charge is 0.350 e. The number of carbonyl (C=O) groups excluding carboxylic acids is 1. The third-order valence-electron chi connectivity index (χ3n) is 4.37. The van der Waals surface area contributed by atoms with Crippen LogP contribution >= 0.6 is 0 Å². The molecule has 0 radical (unpaired) electrons. The first kappa shape index (κ1) is 15.0. The molecular formula is C15H26N4O. The van der Waals surface area contributed by atoms with Crippen molar-refractivity contribution in [2.45, 2.75) is 66.0 Å². The Morgan fingerprint density at radius 3 is 2.80 bits per heavy atom. The average molecular weight is 278 g/mol. The first-order valence-electron chi connectivity index (χ1n) is 7.78. The van der Waals surface area contributed by atoms with Gasteiger partial charge in [-0.1, -0.05) is 37.8 Å². The molecule has 0 bridgehead atoms. The number of carbonyl (C=O) groups is 1. The Balaban J connectivity index is 1.83. The lowest BCUT2D eigenvalue weighted by molar-refractivity contribution is -0.125. The fourth-order valence-corrected chi connectivity index (χ4v) is 3.09. The van der Waals surface area contributed by atoms with Gasteiger partial charge >= 0.3 is 0 Å². The molecule has 0 aliphatic heterocycles. The minimum Gasteiger partial charge on any atom is -0.350 e. The van der Waals surface area contributed by atoms with Gasteiger partial charge in [-0.25, -0.2) is 4.68 Å². The monoisotopic (exact) mass is 278 g/mol. The molecule has 1 amide bonds. The van der Waals surface area contributed by atoms with Gasteiger partial charge in [0.05, 0.1) is 17.9 Å². The minimum absolute atomic E-state index is 0.101. The number of nitrogens with one attached hydrogen (secondary N) is 1. The normalized spacial score (nSPS) is 17.4. The van der Waals surface area contributed by atoms with E-state index in [1.165, 1.54) is 25.7 Å². The summed E-state index contributed by atoms with van der Waals surface area (Å²) in [6.07, 6.45) is 6.28. The Kier molecular flexibility index (Phi) is 5.15. The highest BCUT2D eigenvalue weighted by Crippen LogP contribution is 2.30. The molecule has 0 saturated heterocycles. The van der Waals surface area contributed by atoms with Crippen molar-refractivity contribution in [1.29, 1.82) is 0 Å². The SMILES string of the molecule is CCn1nnc(C)c1CNC(=O)[C@H](C)CC1CCCC1. The van der Waals surface area contributed by atoms with E-state index in [0.29, 0.717) is 6.54 Å². The highest BCUT2D eigenvalue weighted by Gasteiger charge is 2.22. The van der Waals surface area contributed by atoms with Crippen LogP contribution in [0.1, 0.15) is 57.3 Å². The molecule has 0 unspecified atom stereocenters. The van der Waals surface area contributed by atoms with Crippen molar-refractivity contribution in [3.8, 4) is 0 Å². The lowest BCUT2D eigenvalue weighted by atomic mass is 9.94. The molecular weight excluding hydrogens is 252 g/mol. The summed E-state index contributed by atoms with van der Waals surface area (Å²) in [4.78, 5) is 12.2. The predicted octanol–water partition coefficient (Wildman–Crippen LogP) is 2.44. The summed E-state index contributed by atoms with van der Waals surface area (Å²) in [6.45, 7) is 7.31. The van der Waals surface area contributed by atoms with Gasteiger partial charge in [0.25, 0.3) is 0 Å². The Hall–Kier alpha value is -1.39. The second-order valence-corrected chi connectivity index (χ2v) is 5.94. The van der Waals surface area contributed by atoms with Gasteiger partial charge in [0.1, 0.15) is 0 Å². The van der Waals surface area contributed by atoms with Crippen molar-refractivity contribution >= 4 is 5.91 Å². The summed E-state index contributed by atoms with van der Waals surface area (Å²) in [5.41, 5.74) is 1.91. The van der Waals surface area contributed by atoms with Crippen molar-refractivity contribution in [3.05, 3.63) is 11.4 Å². The molecule has 5 heteroatoms. The predicted molar refractivity (Wildman–Crippen MR) is 78.0 cm³/mol. The van der Waals surface area contributed by atoms with E-state index in [1.807, 2.05) is 25.5 Å². The molecule has 1 N–H and O–H groups in total. The van der Waals surface area contributed by atoms with Gasteiger partial charge in [-0.2, -0.15) is 0 Å². The number of aryl methyl sites for hydroxylation is 2. The molecule has 1 aromatic rings. The third-order valence-corrected chi connectivity index (χ3v) is 4.37. The highest BCUT2D eigenvalue weighted by molar-refractivity contribution is 5.78. The first-order valence-corrected chi connectivity index (χ1v) is 7.78. The molecule has 20 heavy (non-hydrogen) atoms. The molecule has 2 rings (SSSR count). The fourth-order valence-electron chi connectivity index (χ4n) is 3.09. The van der Waals surface area contributed by atoms with Crippen molar-refractivity contribution in [2.75, 3.05) is 0 Å². The van der Waals surface area contributed by atoms with Gasteiger partial charge in [0, 0.05) is 12.5 Å². The Bertz CT molecular complexity index is 449. The van der Waals surface area contributed by atoms with Crippen LogP contribution in [0.4, 0.5) is 0 Å². The van der Waals surface area contributed by atoms with Crippen molar-refractivity contribution in [2.24, 2.45) is 11.8 Å². The van der Waals surface area contributed by atoms with Crippen molar-refractivity contribution in [3.63, 3.8) is 0 Å². The maximum absolute atomic E-state index is 12.2. The quantitative estimate of drug-likeness (QED) is 0.869. The maximum Gasteiger partial charge on any atom is 0.223 e. The van der Waals surface area contributed by atoms with Gasteiger partial charge in [0.2, 0.25) is 5.91 Å². The minimum atomic E-state index is 0.101. The summed E-state index contributed by atoms with van der Waals surface area (Å²) < 4.78 is 1.84. The summed E-state index contributed by atoms with van der Waals surface area (Å²) in [7, 11) is 0. The summed E-state index contributed by atoms with van der Waals surface area (Å²) in [5, 5.41) is 11.1. The van der Waals surface area contributed by atoms with E-state index in [4.69, 9.17) is 0 Å². The van der Waals surface area contributed by atoms with Crippen molar-refractivity contribution < 1.29 is 4.79 Å². The van der Waals surface area contributed by atoms with Crippen LogP contribution in [-0.4, -0.2) is 20.9 Å². The van der Waals surface area contributed by atoms with Crippen LogP contribution in [0.25, 0.3) is 0 Å². The van der Waals surface area contributed by atoms with Crippen LogP contribution in [0.3, 0.4) is 0 Å². The Labute approximate surface area is 121 Å². The third kappa shape index (κ3) is 3.58.